The molecule has 0 fully saturated rings. The Kier molecular flexibility index (Phi) is 3.85. The van der Waals surface area contributed by atoms with Crippen molar-refractivity contribution in [1.82, 2.24) is 29.5 Å². The van der Waals surface area contributed by atoms with Gasteiger partial charge in [0.2, 0.25) is 5.95 Å². The molecule has 0 spiro atoms. The van der Waals surface area contributed by atoms with Crippen LogP contribution < -0.4 is 5.73 Å². The van der Waals surface area contributed by atoms with Crippen molar-refractivity contribution >= 4 is 27.5 Å². The number of aromatic nitrogens is 6. The maximum atomic E-state index is 13.7. The summed E-state index contributed by atoms with van der Waals surface area (Å²) in [6.07, 6.45) is 2.52. The smallest absolute Gasteiger partial charge is 0.223 e. The lowest BCUT2D eigenvalue weighted by molar-refractivity contribution is 0.593. The molecule has 7 nitrogen and oxygen atoms in total. The zero-order valence-electron chi connectivity index (χ0n) is 12.8. The minimum atomic E-state index is -0.503. The highest BCUT2D eigenvalue weighted by molar-refractivity contribution is 9.10. The van der Waals surface area contributed by atoms with Gasteiger partial charge in [-0.1, -0.05) is 30.3 Å². The molecule has 9 heteroatoms. The highest BCUT2D eigenvalue weighted by Crippen LogP contribution is 2.30. The van der Waals surface area contributed by atoms with E-state index < -0.39 is 5.82 Å². The summed E-state index contributed by atoms with van der Waals surface area (Å²) < 4.78 is 15.8. The van der Waals surface area contributed by atoms with E-state index in [0.717, 1.165) is 11.8 Å². The summed E-state index contributed by atoms with van der Waals surface area (Å²) in [6.45, 7) is 0. The molecule has 0 aliphatic carbocycles. The van der Waals surface area contributed by atoms with Gasteiger partial charge in [0.15, 0.2) is 17.3 Å². The fourth-order valence-corrected chi connectivity index (χ4v) is 3.03. The molecule has 4 rings (SSSR count). The van der Waals surface area contributed by atoms with Gasteiger partial charge in [0.25, 0.3) is 0 Å². The maximum absolute atomic E-state index is 13.7. The van der Waals surface area contributed by atoms with E-state index >= 15 is 0 Å². The molecule has 0 amide bonds. The van der Waals surface area contributed by atoms with Crippen LogP contribution in [0.5, 0.6) is 0 Å². The highest BCUT2D eigenvalue weighted by Gasteiger charge is 2.17. The lowest BCUT2D eigenvalue weighted by Crippen LogP contribution is -2.04. The predicted molar refractivity (Wildman–Crippen MR) is 93.1 cm³/mol. The monoisotopic (exact) mass is 399 g/mol. The number of nitrogens with zero attached hydrogens (tertiary/aromatic N) is 6. The van der Waals surface area contributed by atoms with Crippen molar-refractivity contribution in [3.05, 3.63) is 64.7 Å². The van der Waals surface area contributed by atoms with Gasteiger partial charge < -0.3 is 5.73 Å². The third-order valence-corrected chi connectivity index (χ3v) is 4.35. The minimum Gasteiger partial charge on any atom is -0.368 e. The predicted octanol–water partition coefficient (Wildman–Crippen LogP) is 2.66. The van der Waals surface area contributed by atoms with Crippen LogP contribution in [0.4, 0.5) is 10.3 Å². The summed E-state index contributed by atoms with van der Waals surface area (Å²) in [5.41, 5.74) is 8.32. The molecule has 0 saturated carbocycles. The molecule has 25 heavy (non-hydrogen) atoms. The average Bonchev–Trinajstić information content (AvgIpc) is 3.06. The fourth-order valence-electron chi connectivity index (χ4n) is 2.45. The van der Waals surface area contributed by atoms with Gasteiger partial charge in [0, 0.05) is 5.56 Å². The van der Waals surface area contributed by atoms with Crippen molar-refractivity contribution in [3.63, 3.8) is 0 Å². The van der Waals surface area contributed by atoms with Gasteiger partial charge in [-0.25, -0.2) is 24.3 Å². The van der Waals surface area contributed by atoms with Crippen LogP contribution in [-0.2, 0) is 6.42 Å². The zero-order chi connectivity index (χ0) is 17.4. The van der Waals surface area contributed by atoms with Crippen LogP contribution in [0.3, 0.4) is 0 Å². The van der Waals surface area contributed by atoms with Crippen molar-refractivity contribution < 1.29 is 4.39 Å². The maximum Gasteiger partial charge on any atom is 0.223 e. The van der Waals surface area contributed by atoms with E-state index in [2.05, 4.69) is 41.0 Å². The average molecular weight is 400 g/mol. The number of halogens is 2. The Balaban J connectivity index is 1.82. The highest BCUT2D eigenvalue weighted by atomic mass is 79.9. The summed E-state index contributed by atoms with van der Waals surface area (Å²) in [5, 5.41) is 4.31. The Morgan fingerprint density at radius 3 is 2.72 bits per heavy atom. The van der Waals surface area contributed by atoms with Crippen LogP contribution in [0.2, 0.25) is 0 Å². The van der Waals surface area contributed by atoms with Crippen LogP contribution in [-0.4, -0.2) is 29.5 Å². The molecule has 0 unspecified atom stereocenters. The molecule has 0 bridgehead atoms. The Labute approximate surface area is 149 Å². The number of rotatable bonds is 3. The van der Waals surface area contributed by atoms with Crippen molar-refractivity contribution in [1.29, 1.82) is 0 Å². The SMILES string of the molecule is Nc1nc(-c2ccccc2)c(Br)c2nc(Cc3ncncc3F)nn12. The van der Waals surface area contributed by atoms with Gasteiger partial charge in [0.1, 0.15) is 6.33 Å². The van der Waals surface area contributed by atoms with E-state index in [-0.39, 0.29) is 18.1 Å². The van der Waals surface area contributed by atoms with E-state index in [1.807, 2.05) is 30.3 Å². The molecular formula is C16H11BrFN7. The lowest BCUT2D eigenvalue weighted by atomic mass is 10.1. The standard InChI is InChI=1S/C16H11BrFN7/c17-13-14(9-4-2-1-3-5-9)23-16(19)25-15(13)22-12(24-25)6-11-10(18)7-20-8-21-11/h1-5,7-8H,6H2,(H2,19,23). The number of hydrogen-bond acceptors (Lipinski definition) is 6. The van der Waals surface area contributed by atoms with E-state index in [1.165, 1.54) is 10.8 Å². The molecular weight excluding hydrogens is 389 g/mol. The third-order valence-electron chi connectivity index (χ3n) is 3.62. The Morgan fingerprint density at radius 1 is 1.16 bits per heavy atom. The van der Waals surface area contributed by atoms with Crippen molar-refractivity contribution in [3.8, 4) is 11.3 Å². The summed E-state index contributed by atoms with van der Waals surface area (Å²) in [6, 6.07) is 9.60. The lowest BCUT2D eigenvalue weighted by Gasteiger charge is -2.06. The zero-order valence-corrected chi connectivity index (χ0v) is 14.4. The van der Waals surface area contributed by atoms with E-state index in [4.69, 9.17) is 5.73 Å². The number of fused-ring (bicyclic) bond motifs is 1. The summed E-state index contributed by atoms with van der Waals surface area (Å²) in [5.74, 6) is 0.0764. The van der Waals surface area contributed by atoms with E-state index in [0.29, 0.717) is 21.6 Å². The van der Waals surface area contributed by atoms with Crippen molar-refractivity contribution in [2.45, 2.75) is 6.42 Å². The molecule has 0 radical (unpaired) electrons. The fraction of sp³-hybridized carbons (Fsp3) is 0.0625. The molecule has 4 aromatic rings. The molecule has 3 aromatic heterocycles. The van der Waals surface area contributed by atoms with E-state index in [1.54, 1.807) is 0 Å². The second kappa shape index (κ2) is 6.17. The van der Waals surface area contributed by atoms with Crippen LogP contribution >= 0.6 is 15.9 Å². The molecule has 3 heterocycles. The molecule has 1 aromatic carbocycles. The van der Waals surface area contributed by atoms with Gasteiger partial charge >= 0.3 is 0 Å². The summed E-state index contributed by atoms with van der Waals surface area (Å²) in [7, 11) is 0. The first kappa shape index (κ1) is 15.6. The Morgan fingerprint density at radius 2 is 1.96 bits per heavy atom. The first-order chi connectivity index (χ1) is 12.1. The molecule has 0 atom stereocenters. The molecule has 0 aliphatic heterocycles. The Bertz CT molecular complexity index is 1060. The molecule has 124 valence electrons. The number of nitrogens with two attached hydrogens (primary N) is 1. The second-order valence-electron chi connectivity index (χ2n) is 5.26. The quantitative estimate of drug-likeness (QED) is 0.568. The molecule has 0 aliphatic rings. The van der Waals surface area contributed by atoms with E-state index in [9.17, 15) is 4.39 Å². The van der Waals surface area contributed by atoms with Crippen LogP contribution in [0.25, 0.3) is 16.9 Å². The van der Waals surface area contributed by atoms with Gasteiger partial charge in [-0.15, -0.1) is 5.10 Å². The van der Waals surface area contributed by atoms with Crippen molar-refractivity contribution in [2.75, 3.05) is 5.73 Å². The van der Waals surface area contributed by atoms with Gasteiger partial charge in [-0.2, -0.15) is 4.52 Å². The molecule has 0 saturated heterocycles. The second-order valence-corrected chi connectivity index (χ2v) is 6.05. The first-order valence-electron chi connectivity index (χ1n) is 7.34. The van der Waals surface area contributed by atoms with Crippen LogP contribution in [0, 0.1) is 5.82 Å². The van der Waals surface area contributed by atoms with Crippen LogP contribution in [0.1, 0.15) is 11.5 Å². The minimum absolute atomic E-state index is 0.128. The summed E-state index contributed by atoms with van der Waals surface area (Å²) in [4.78, 5) is 16.4. The number of hydrogen-bond donors (Lipinski definition) is 1. The number of benzene rings is 1. The number of nitrogen functional groups attached to an aromatic ring is 1. The van der Waals surface area contributed by atoms with Crippen molar-refractivity contribution in [2.24, 2.45) is 0 Å². The topological polar surface area (TPSA) is 94.9 Å². The number of anilines is 1. The summed E-state index contributed by atoms with van der Waals surface area (Å²) >= 11 is 3.52. The van der Waals surface area contributed by atoms with Gasteiger partial charge in [0.05, 0.1) is 28.5 Å². The van der Waals surface area contributed by atoms with Gasteiger partial charge in [-0.05, 0) is 15.9 Å². The first-order valence-corrected chi connectivity index (χ1v) is 8.13. The molecule has 2 N–H and O–H groups in total. The largest absolute Gasteiger partial charge is 0.368 e. The normalized spacial score (nSPS) is 11.1. The third kappa shape index (κ3) is 2.82. The van der Waals surface area contributed by atoms with Gasteiger partial charge in [-0.3, -0.25) is 0 Å². The van der Waals surface area contributed by atoms with Crippen LogP contribution in [0.15, 0.2) is 47.3 Å². The Hall–Kier alpha value is -2.94.